The number of carbonyl (C=O) groups excluding carboxylic acids is 2. The van der Waals surface area contributed by atoms with E-state index in [0.717, 1.165) is 38.9 Å². The van der Waals surface area contributed by atoms with Crippen LogP contribution in [-0.2, 0) is 19.6 Å². The van der Waals surface area contributed by atoms with Gasteiger partial charge in [0.15, 0.2) is 0 Å². The van der Waals surface area contributed by atoms with Crippen LogP contribution in [0.15, 0.2) is 206 Å². The highest BCUT2D eigenvalue weighted by molar-refractivity contribution is 6.05. The molecule has 2 amide bonds. The summed E-state index contributed by atoms with van der Waals surface area (Å²) in [7, 11) is 0. The van der Waals surface area contributed by atoms with Crippen LogP contribution in [0.2, 0.25) is 0 Å². The lowest BCUT2D eigenvalue weighted by atomic mass is 10.0. The van der Waals surface area contributed by atoms with E-state index in [-0.39, 0.29) is 23.2 Å². The molecule has 0 aromatic heterocycles. The first-order valence-corrected chi connectivity index (χ1v) is 20.7. The van der Waals surface area contributed by atoms with E-state index in [0.29, 0.717) is 47.8 Å². The number of rotatable bonds is 15. The molecule has 4 N–H and O–H groups in total. The van der Waals surface area contributed by atoms with Gasteiger partial charge in [-0.15, -0.1) is 0 Å². The molecule has 0 bridgehead atoms. The third-order valence-corrected chi connectivity index (χ3v) is 10.3. The summed E-state index contributed by atoms with van der Waals surface area (Å²) in [6, 6.07) is 62.6. The summed E-state index contributed by atoms with van der Waals surface area (Å²) >= 11 is 0. The van der Waals surface area contributed by atoms with Crippen molar-refractivity contribution in [3.8, 4) is 22.3 Å². The van der Waals surface area contributed by atoms with Crippen molar-refractivity contribution in [1.29, 1.82) is 0 Å². The molecule has 0 radical (unpaired) electrons. The van der Waals surface area contributed by atoms with Gasteiger partial charge in [-0.1, -0.05) is 133 Å². The lowest BCUT2D eigenvalue weighted by Crippen LogP contribution is -2.22. The highest BCUT2D eigenvalue weighted by atomic mass is 16.6. The van der Waals surface area contributed by atoms with E-state index in [1.807, 2.05) is 140 Å². The van der Waals surface area contributed by atoms with Crippen molar-refractivity contribution in [2.45, 2.75) is 19.6 Å². The number of para-hydroxylation sites is 1. The van der Waals surface area contributed by atoms with E-state index >= 15 is 0 Å². The first-order valence-electron chi connectivity index (χ1n) is 20.7. The van der Waals surface area contributed by atoms with Crippen LogP contribution in [0.1, 0.15) is 37.4 Å². The number of nitro benzene ring substituents is 2. The van der Waals surface area contributed by atoms with Gasteiger partial charge in [0.05, 0.1) is 9.85 Å². The average molecular weight is 861 g/mol. The molecule has 0 aliphatic rings. The second-order valence-electron chi connectivity index (χ2n) is 14.8. The molecule has 8 aromatic carbocycles. The number of carbonyl (C=O) groups is 2. The molecule has 0 aliphatic heterocycles. The zero-order valence-corrected chi connectivity index (χ0v) is 35.1. The van der Waals surface area contributed by atoms with Gasteiger partial charge in [0.2, 0.25) is 0 Å². The number of nitrogens with one attached hydrogen (secondary N) is 4. The van der Waals surface area contributed by atoms with Crippen LogP contribution in [0.5, 0.6) is 0 Å². The number of hydrogen-bond donors (Lipinski definition) is 4. The number of benzene rings is 8. The Bertz CT molecular complexity index is 2900. The summed E-state index contributed by atoms with van der Waals surface area (Å²) in [6.45, 7) is 1.37. The molecule has 0 fully saturated rings. The third kappa shape index (κ3) is 12.4. The SMILES string of the molecule is O=C(NCc1ccccc1)c1cccc(-c2ccc([N+](=O)[O-])c(NCc3ccccc3)c2)c1.O=C(Nc1ccccc1)c1cccc(-c2ccc([N+](=O)[O-])c(NCc3ccccc3)c2)c1. The van der Waals surface area contributed by atoms with Crippen LogP contribution in [0.4, 0.5) is 28.4 Å². The molecule has 0 saturated carbocycles. The highest BCUT2D eigenvalue weighted by Crippen LogP contribution is 2.33. The number of nitrogens with zero attached hydrogens (tertiary/aromatic N) is 2. The minimum absolute atomic E-state index is 0.00246. The molecule has 12 nitrogen and oxygen atoms in total. The van der Waals surface area contributed by atoms with E-state index < -0.39 is 9.85 Å². The smallest absolute Gasteiger partial charge is 0.292 e. The maximum Gasteiger partial charge on any atom is 0.292 e. The molecule has 8 aromatic rings. The molecule has 0 aliphatic carbocycles. The monoisotopic (exact) mass is 860 g/mol. The predicted octanol–water partition coefficient (Wildman–Crippen LogP) is 11.9. The molecule has 0 atom stereocenters. The molecule has 0 unspecified atom stereocenters. The largest absolute Gasteiger partial charge is 0.375 e. The van der Waals surface area contributed by atoms with E-state index in [9.17, 15) is 29.8 Å². The lowest BCUT2D eigenvalue weighted by Gasteiger charge is -2.11. The lowest BCUT2D eigenvalue weighted by molar-refractivity contribution is -0.384. The average Bonchev–Trinajstić information content (AvgIpc) is 3.35. The topological polar surface area (TPSA) is 169 Å². The standard InChI is InChI=1S/C27H23N3O3.C26H21N3O3/c31-27(29-19-21-10-5-2-6-11-21)24-13-7-12-22(16-24)23-14-15-26(30(32)33)25(17-23)28-18-20-8-3-1-4-9-20;30-26(28-23-12-5-2-6-13-23)22-11-7-10-20(16-22)21-14-15-25(29(31)32)24(17-21)27-18-19-8-3-1-4-9-19/h1-17,28H,18-19H2,(H,29,31);1-17,27H,18H2,(H,28,30). The van der Waals surface area contributed by atoms with Crippen molar-refractivity contribution in [3.63, 3.8) is 0 Å². The Labute approximate surface area is 375 Å². The molecule has 8 rings (SSSR count). The predicted molar refractivity (Wildman–Crippen MR) is 257 cm³/mol. The second kappa shape index (κ2) is 21.8. The Balaban J connectivity index is 0.000000194. The van der Waals surface area contributed by atoms with Crippen molar-refractivity contribution < 1.29 is 19.4 Å². The van der Waals surface area contributed by atoms with E-state index in [4.69, 9.17) is 0 Å². The van der Waals surface area contributed by atoms with Crippen LogP contribution in [0.3, 0.4) is 0 Å². The fourth-order valence-electron chi connectivity index (χ4n) is 6.90. The van der Waals surface area contributed by atoms with Gasteiger partial charge in [-0.05, 0) is 99.6 Å². The zero-order chi connectivity index (χ0) is 45.4. The minimum atomic E-state index is -0.402. The zero-order valence-electron chi connectivity index (χ0n) is 35.1. The number of hydrogen-bond acceptors (Lipinski definition) is 8. The van der Waals surface area contributed by atoms with Crippen LogP contribution >= 0.6 is 0 Å². The first kappa shape index (κ1) is 44.2. The van der Waals surface area contributed by atoms with Gasteiger partial charge in [0, 0.05) is 48.6 Å². The van der Waals surface area contributed by atoms with Crippen LogP contribution in [-0.4, -0.2) is 21.7 Å². The quantitative estimate of drug-likeness (QED) is 0.0583. The first-order chi connectivity index (χ1) is 31.7. The van der Waals surface area contributed by atoms with Crippen molar-refractivity contribution in [3.05, 3.63) is 254 Å². The highest BCUT2D eigenvalue weighted by Gasteiger charge is 2.17. The van der Waals surface area contributed by atoms with Gasteiger partial charge in [-0.25, -0.2) is 0 Å². The Hall–Kier alpha value is -8.90. The molecule has 0 heterocycles. The fourth-order valence-corrected chi connectivity index (χ4v) is 6.90. The van der Waals surface area contributed by atoms with Crippen molar-refractivity contribution in [2.75, 3.05) is 16.0 Å². The van der Waals surface area contributed by atoms with Crippen molar-refractivity contribution >= 4 is 40.3 Å². The molecule has 65 heavy (non-hydrogen) atoms. The molecule has 322 valence electrons. The molecular weight excluding hydrogens is 817 g/mol. The van der Waals surface area contributed by atoms with Gasteiger partial charge < -0.3 is 21.3 Å². The summed E-state index contributed by atoms with van der Waals surface area (Å²) in [4.78, 5) is 47.5. The van der Waals surface area contributed by atoms with Gasteiger partial charge in [-0.2, -0.15) is 0 Å². The second-order valence-corrected chi connectivity index (χ2v) is 14.8. The van der Waals surface area contributed by atoms with E-state index in [1.165, 1.54) is 12.1 Å². The van der Waals surface area contributed by atoms with Crippen LogP contribution in [0, 0.1) is 20.2 Å². The summed E-state index contributed by atoms with van der Waals surface area (Å²) in [5.41, 5.74) is 8.84. The Kier molecular flexibility index (Phi) is 14.8. The summed E-state index contributed by atoms with van der Waals surface area (Å²) in [6.07, 6.45) is 0. The summed E-state index contributed by atoms with van der Waals surface area (Å²) < 4.78 is 0. The maximum absolute atomic E-state index is 12.7. The van der Waals surface area contributed by atoms with Gasteiger partial charge in [0.1, 0.15) is 11.4 Å². The minimum Gasteiger partial charge on any atom is -0.375 e. The fraction of sp³-hybridized carbons (Fsp3) is 0.0566. The van der Waals surface area contributed by atoms with Gasteiger partial charge in [-0.3, -0.25) is 29.8 Å². The van der Waals surface area contributed by atoms with Gasteiger partial charge in [0.25, 0.3) is 23.2 Å². The van der Waals surface area contributed by atoms with E-state index in [2.05, 4.69) is 21.3 Å². The number of nitro groups is 2. The van der Waals surface area contributed by atoms with Gasteiger partial charge >= 0.3 is 0 Å². The molecule has 0 spiro atoms. The van der Waals surface area contributed by atoms with Crippen molar-refractivity contribution in [1.82, 2.24) is 5.32 Å². The normalized spacial score (nSPS) is 10.4. The Morgan fingerprint density at radius 3 is 1.22 bits per heavy atom. The Morgan fingerprint density at radius 2 is 0.785 bits per heavy atom. The van der Waals surface area contributed by atoms with Crippen LogP contribution in [0.25, 0.3) is 22.3 Å². The molecular formula is C53H44N6O6. The summed E-state index contributed by atoms with van der Waals surface area (Å²) in [5.74, 6) is -0.396. The maximum atomic E-state index is 12.7. The van der Waals surface area contributed by atoms with Crippen molar-refractivity contribution in [2.24, 2.45) is 0 Å². The molecule has 0 saturated heterocycles. The summed E-state index contributed by atoms with van der Waals surface area (Å²) in [5, 5.41) is 35.2. The van der Waals surface area contributed by atoms with E-state index in [1.54, 1.807) is 54.6 Å². The molecule has 12 heteroatoms. The van der Waals surface area contributed by atoms with Crippen LogP contribution < -0.4 is 21.3 Å². The third-order valence-electron chi connectivity index (χ3n) is 10.3. The number of anilines is 3. The number of amides is 2. The Morgan fingerprint density at radius 1 is 0.400 bits per heavy atom.